The zero-order valence-corrected chi connectivity index (χ0v) is 15.3. The molecule has 1 aliphatic heterocycles. The van der Waals surface area contributed by atoms with Crippen LogP contribution < -0.4 is 16.0 Å². The summed E-state index contributed by atoms with van der Waals surface area (Å²) < 4.78 is 0. The van der Waals surface area contributed by atoms with E-state index in [1.54, 1.807) is 0 Å². The van der Waals surface area contributed by atoms with E-state index in [9.17, 15) is 9.59 Å². The third-order valence-corrected chi connectivity index (χ3v) is 4.69. The van der Waals surface area contributed by atoms with E-state index in [0.717, 1.165) is 32.5 Å². The first-order valence-electron chi connectivity index (χ1n) is 9.09. The maximum atomic E-state index is 12.4. The van der Waals surface area contributed by atoms with Gasteiger partial charge in [0.25, 0.3) is 0 Å². The summed E-state index contributed by atoms with van der Waals surface area (Å²) in [6.45, 7) is 8.19. The van der Waals surface area contributed by atoms with E-state index in [4.69, 9.17) is 5.73 Å². The van der Waals surface area contributed by atoms with Crippen LogP contribution in [-0.2, 0) is 9.59 Å². The van der Waals surface area contributed by atoms with Crippen molar-refractivity contribution in [1.82, 2.24) is 10.2 Å². The summed E-state index contributed by atoms with van der Waals surface area (Å²) in [5.74, 6) is -0.311. The molecule has 0 radical (unpaired) electrons. The number of nitrogens with one attached hydrogen (secondary N) is 1. The highest BCUT2D eigenvalue weighted by Gasteiger charge is 2.26. The minimum Gasteiger partial charge on any atom is -0.370 e. The number of hydrogen-bond acceptors (Lipinski definition) is 4. The Bertz CT molecular complexity index is 591. The highest BCUT2D eigenvalue weighted by atomic mass is 16.2. The van der Waals surface area contributed by atoms with Gasteiger partial charge >= 0.3 is 0 Å². The molecule has 0 bridgehead atoms. The van der Waals surface area contributed by atoms with Gasteiger partial charge in [0.15, 0.2) is 0 Å². The van der Waals surface area contributed by atoms with Crippen molar-refractivity contribution in [2.75, 3.05) is 44.2 Å². The lowest BCUT2D eigenvalue weighted by atomic mass is 9.97. The first kappa shape index (κ1) is 19.2. The zero-order chi connectivity index (χ0) is 18.2. The fraction of sp³-hybridized carbons (Fsp3) is 0.579. The van der Waals surface area contributed by atoms with E-state index >= 15 is 0 Å². The first-order valence-corrected chi connectivity index (χ1v) is 9.09. The van der Waals surface area contributed by atoms with Crippen LogP contribution in [0.3, 0.4) is 0 Å². The molecule has 1 heterocycles. The van der Waals surface area contributed by atoms with Crippen LogP contribution in [-0.4, -0.2) is 56.0 Å². The molecule has 0 aliphatic carbocycles. The predicted octanol–water partition coefficient (Wildman–Crippen LogP) is 1.13. The smallest absolute Gasteiger partial charge is 0.231 e. The molecule has 1 aromatic carbocycles. The number of nitrogens with zero attached hydrogens (tertiary/aromatic N) is 2. The maximum Gasteiger partial charge on any atom is 0.231 e. The van der Waals surface area contributed by atoms with Crippen LogP contribution in [0.1, 0.15) is 25.3 Å². The highest BCUT2D eigenvalue weighted by molar-refractivity contribution is 5.79. The summed E-state index contributed by atoms with van der Waals surface area (Å²) in [5, 5.41) is 3.05. The van der Waals surface area contributed by atoms with Crippen LogP contribution in [0.5, 0.6) is 0 Å². The number of primary amides is 1. The molecule has 1 atom stereocenters. The minimum atomic E-state index is -0.335. The summed E-state index contributed by atoms with van der Waals surface area (Å²) in [4.78, 5) is 27.7. The van der Waals surface area contributed by atoms with Crippen LogP contribution in [0.15, 0.2) is 24.3 Å². The third kappa shape index (κ3) is 6.05. The van der Waals surface area contributed by atoms with Gasteiger partial charge < -0.3 is 16.0 Å². The van der Waals surface area contributed by atoms with Crippen molar-refractivity contribution < 1.29 is 9.59 Å². The molecule has 1 saturated heterocycles. The molecule has 6 nitrogen and oxygen atoms in total. The van der Waals surface area contributed by atoms with E-state index < -0.39 is 0 Å². The second kappa shape index (κ2) is 9.42. The van der Waals surface area contributed by atoms with Crippen molar-refractivity contribution >= 4 is 17.5 Å². The van der Waals surface area contributed by atoms with Gasteiger partial charge in [0.05, 0.1) is 12.5 Å². The Balaban J connectivity index is 1.79. The van der Waals surface area contributed by atoms with Crippen LogP contribution in [0, 0.1) is 12.8 Å². The molecule has 1 aromatic rings. The minimum absolute atomic E-state index is 0.0536. The van der Waals surface area contributed by atoms with Crippen LogP contribution in [0.4, 0.5) is 5.69 Å². The fourth-order valence-electron chi connectivity index (χ4n) is 3.39. The molecule has 25 heavy (non-hydrogen) atoms. The Hall–Kier alpha value is -2.08. The van der Waals surface area contributed by atoms with Gasteiger partial charge in [-0.2, -0.15) is 0 Å². The highest BCUT2D eigenvalue weighted by Crippen LogP contribution is 2.17. The third-order valence-electron chi connectivity index (χ3n) is 4.69. The molecule has 0 spiro atoms. The van der Waals surface area contributed by atoms with Crippen LogP contribution >= 0.6 is 0 Å². The molecule has 0 aromatic heterocycles. The maximum absolute atomic E-state index is 12.4. The number of benzene rings is 1. The number of piperidine rings is 1. The number of anilines is 1. The van der Waals surface area contributed by atoms with Gasteiger partial charge in [0.1, 0.15) is 0 Å². The molecular formula is C19H30N4O2. The van der Waals surface area contributed by atoms with E-state index in [0.29, 0.717) is 13.1 Å². The average molecular weight is 346 g/mol. The molecule has 138 valence electrons. The average Bonchev–Trinajstić information content (AvgIpc) is 2.58. The molecule has 1 aliphatic rings. The molecule has 2 rings (SSSR count). The summed E-state index contributed by atoms with van der Waals surface area (Å²) in [6.07, 6.45) is 1.80. The van der Waals surface area contributed by atoms with Gasteiger partial charge in [0, 0.05) is 31.9 Å². The lowest BCUT2D eigenvalue weighted by Gasteiger charge is -2.31. The Labute approximate surface area is 150 Å². The fourth-order valence-corrected chi connectivity index (χ4v) is 3.39. The SMILES string of the molecule is CCN(CCNC(=O)C1CCCN(CC(N)=O)C1)c1cccc(C)c1. The number of aryl methyl sites for hydroxylation is 1. The quantitative estimate of drug-likeness (QED) is 0.740. The predicted molar refractivity (Wildman–Crippen MR) is 100 cm³/mol. The molecule has 1 unspecified atom stereocenters. The van der Waals surface area contributed by atoms with Gasteiger partial charge in [-0.05, 0) is 50.9 Å². The standard InChI is InChI=1S/C19H30N4O2/c1-3-23(17-8-4-6-15(2)12-17)11-9-21-19(25)16-7-5-10-22(13-16)14-18(20)24/h4,6,8,12,16H,3,5,7,9-11,13-14H2,1-2H3,(H2,20,24)(H,21,25). The van der Waals surface area contributed by atoms with E-state index in [1.807, 2.05) is 4.90 Å². The Morgan fingerprint density at radius 1 is 1.40 bits per heavy atom. The topological polar surface area (TPSA) is 78.7 Å². The number of likely N-dealkylation sites (N-methyl/N-ethyl adjacent to an activating group) is 1. The Morgan fingerprint density at radius 2 is 2.20 bits per heavy atom. The van der Waals surface area contributed by atoms with Gasteiger partial charge in [-0.1, -0.05) is 12.1 Å². The molecule has 6 heteroatoms. The lowest BCUT2D eigenvalue weighted by molar-refractivity contribution is -0.128. The van der Waals surface area contributed by atoms with Gasteiger partial charge in [-0.25, -0.2) is 0 Å². The summed E-state index contributed by atoms with van der Waals surface area (Å²) in [5.41, 5.74) is 7.67. The van der Waals surface area contributed by atoms with Crippen molar-refractivity contribution in [2.24, 2.45) is 11.7 Å². The molecule has 3 N–H and O–H groups in total. The van der Waals surface area contributed by atoms with Gasteiger partial charge in [0.2, 0.25) is 11.8 Å². The summed E-state index contributed by atoms with van der Waals surface area (Å²) >= 11 is 0. The monoisotopic (exact) mass is 346 g/mol. The largest absolute Gasteiger partial charge is 0.370 e. The molecule has 0 saturated carbocycles. The number of amides is 2. The summed E-state index contributed by atoms with van der Waals surface area (Å²) in [7, 11) is 0. The van der Waals surface area contributed by atoms with Crippen molar-refractivity contribution in [3.05, 3.63) is 29.8 Å². The zero-order valence-electron chi connectivity index (χ0n) is 15.3. The number of carbonyl (C=O) groups is 2. The van der Waals surface area contributed by atoms with E-state index in [2.05, 4.69) is 48.3 Å². The van der Waals surface area contributed by atoms with Crippen LogP contribution in [0.2, 0.25) is 0 Å². The van der Waals surface area contributed by atoms with Crippen molar-refractivity contribution in [3.8, 4) is 0 Å². The number of nitrogens with two attached hydrogens (primary N) is 1. The van der Waals surface area contributed by atoms with Crippen molar-refractivity contribution in [1.29, 1.82) is 0 Å². The number of hydrogen-bond donors (Lipinski definition) is 2. The summed E-state index contributed by atoms with van der Waals surface area (Å²) in [6, 6.07) is 8.40. The number of rotatable bonds is 8. The number of carbonyl (C=O) groups excluding carboxylic acids is 2. The van der Waals surface area contributed by atoms with Gasteiger partial charge in [-0.3, -0.25) is 14.5 Å². The van der Waals surface area contributed by atoms with Gasteiger partial charge in [-0.15, -0.1) is 0 Å². The normalized spacial score (nSPS) is 17.9. The lowest BCUT2D eigenvalue weighted by Crippen LogP contribution is -2.46. The second-order valence-corrected chi connectivity index (χ2v) is 6.75. The van der Waals surface area contributed by atoms with E-state index in [1.165, 1.54) is 11.3 Å². The van der Waals surface area contributed by atoms with Crippen LogP contribution in [0.25, 0.3) is 0 Å². The van der Waals surface area contributed by atoms with Crippen molar-refractivity contribution in [3.63, 3.8) is 0 Å². The first-order chi connectivity index (χ1) is 12.0. The van der Waals surface area contributed by atoms with E-state index in [-0.39, 0.29) is 24.3 Å². The Morgan fingerprint density at radius 3 is 2.88 bits per heavy atom. The second-order valence-electron chi connectivity index (χ2n) is 6.75. The molecule has 1 fully saturated rings. The molecule has 2 amide bonds. The molecular weight excluding hydrogens is 316 g/mol. The number of likely N-dealkylation sites (tertiary alicyclic amines) is 1. The Kier molecular flexibility index (Phi) is 7.25. The van der Waals surface area contributed by atoms with Crippen molar-refractivity contribution in [2.45, 2.75) is 26.7 Å².